The summed E-state index contributed by atoms with van der Waals surface area (Å²) in [4.78, 5) is 15.7. The van der Waals surface area contributed by atoms with Crippen molar-refractivity contribution < 1.29 is 9.50 Å². The zero-order chi connectivity index (χ0) is 21.4. The molecule has 4 heterocycles. The van der Waals surface area contributed by atoms with Crippen LogP contribution in [0.15, 0.2) is 54.9 Å². The lowest BCUT2D eigenvalue weighted by Crippen LogP contribution is -2.22. The summed E-state index contributed by atoms with van der Waals surface area (Å²) in [6.07, 6.45) is 3.90. The van der Waals surface area contributed by atoms with Crippen molar-refractivity contribution in [1.29, 1.82) is 0 Å². The molecule has 7 nitrogen and oxygen atoms in total. The van der Waals surface area contributed by atoms with Crippen molar-refractivity contribution in [3.63, 3.8) is 0 Å². The van der Waals surface area contributed by atoms with Gasteiger partial charge in [-0.3, -0.25) is 0 Å². The van der Waals surface area contributed by atoms with E-state index in [1.807, 2.05) is 21.4 Å². The lowest BCUT2D eigenvalue weighted by atomic mass is 10.1. The molecule has 1 unspecified atom stereocenters. The molecule has 1 aliphatic heterocycles. The van der Waals surface area contributed by atoms with E-state index in [2.05, 4.69) is 15.3 Å². The molecule has 0 spiro atoms. The first-order valence-corrected chi connectivity index (χ1v) is 10.4. The third-order valence-electron chi connectivity index (χ3n) is 5.34. The molecule has 0 radical (unpaired) electrons. The second kappa shape index (κ2) is 8.13. The molecule has 5 rings (SSSR count). The van der Waals surface area contributed by atoms with Crippen LogP contribution in [-0.4, -0.2) is 43.7 Å². The van der Waals surface area contributed by atoms with Crippen molar-refractivity contribution in [1.82, 2.24) is 19.4 Å². The third kappa shape index (κ3) is 4.04. The van der Waals surface area contributed by atoms with Gasteiger partial charge in [0, 0.05) is 31.0 Å². The highest BCUT2D eigenvalue weighted by Gasteiger charge is 2.22. The number of halogens is 2. The molecule has 1 saturated heterocycles. The first-order valence-electron chi connectivity index (χ1n) is 9.99. The Morgan fingerprint density at radius 3 is 2.74 bits per heavy atom. The van der Waals surface area contributed by atoms with Gasteiger partial charge in [0.25, 0.3) is 0 Å². The van der Waals surface area contributed by atoms with Gasteiger partial charge in [0.15, 0.2) is 0 Å². The van der Waals surface area contributed by atoms with Crippen LogP contribution in [0.25, 0.3) is 16.9 Å². The predicted octanol–water partition coefficient (Wildman–Crippen LogP) is 3.77. The standard InChI is InChI=1S/C22H20ClFN6O/c23-15-3-6-20-27-21(14-1-4-16(24)5-2-14)18(30(20)12-15)11-26-22-25-9-7-19(28-22)29-10-8-17(31)13-29/h1-7,9,12,17,31H,8,10-11,13H2,(H,25,26,28). The Morgan fingerprint density at radius 1 is 1.13 bits per heavy atom. The van der Waals surface area contributed by atoms with Gasteiger partial charge in [-0.25, -0.2) is 14.4 Å². The van der Waals surface area contributed by atoms with E-state index in [0.29, 0.717) is 24.1 Å². The van der Waals surface area contributed by atoms with Crippen molar-refractivity contribution in [3.05, 3.63) is 71.4 Å². The number of pyridine rings is 1. The minimum Gasteiger partial charge on any atom is -0.391 e. The van der Waals surface area contributed by atoms with Crippen molar-refractivity contribution in [2.24, 2.45) is 0 Å². The largest absolute Gasteiger partial charge is 0.391 e. The Balaban J connectivity index is 1.47. The van der Waals surface area contributed by atoms with Gasteiger partial charge in [-0.05, 0) is 48.9 Å². The molecule has 0 bridgehead atoms. The van der Waals surface area contributed by atoms with E-state index >= 15 is 0 Å². The third-order valence-corrected chi connectivity index (χ3v) is 5.56. The molecule has 31 heavy (non-hydrogen) atoms. The lowest BCUT2D eigenvalue weighted by Gasteiger charge is -2.17. The normalized spacial score (nSPS) is 16.2. The first kappa shape index (κ1) is 19.7. The maximum atomic E-state index is 13.4. The Labute approximate surface area is 183 Å². The number of hydrogen-bond acceptors (Lipinski definition) is 6. The summed E-state index contributed by atoms with van der Waals surface area (Å²) in [5.41, 5.74) is 3.13. The summed E-state index contributed by atoms with van der Waals surface area (Å²) in [7, 11) is 0. The van der Waals surface area contributed by atoms with Crippen LogP contribution in [0.2, 0.25) is 5.02 Å². The summed E-state index contributed by atoms with van der Waals surface area (Å²) in [6.45, 7) is 1.72. The molecule has 1 atom stereocenters. The van der Waals surface area contributed by atoms with E-state index in [1.165, 1.54) is 12.1 Å². The van der Waals surface area contributed by atoms with E-state index in [4.69, 9.17) is 16.6 Å². The Kier molecular flexibility index (Phi) is 5.17. The second-order valence-corrected chi connectivity index (χ2v) is 7.91. The molecule has 1 aromatic carbocycles. The minimum atomic E-state index is -0.326. The number of aliphatic hydroxyl groups is 1. The number of hydrogen-bond donors (Lipinski definition) is 2. The van der Waals surface area contributed by atoms with Crippen LogP contribution >= 0.6 is 11.6 Å². The van der Waals surface area contributed by atoms with E-state index in [9.17, 15) is 9.50 Å². The highest BCUT2D eigenvalue weighted by molar-refractivity contribution is 6.30. The lowest BCUT2D eigenvalue weighted by molar-refractivity contribution is 0.198. The number of β-amino-alcohol motifs (C(OH)–C–C–N with tert-alkyl or cyclic N) is 1. The topological polar surface area (TPSA) is 78.6 Å². The van der Waals surface area contributed by atoms with Crippen LogP contribution in [-0.2, 0) is 6.54 Å². The van der Waals surface area contributed by atoms with Crippen LogP contribution in [0.1, 0.15) is 12.1 Å². The molecule has 2 N–H and O–H groups in total. The smallest absolute Gasteiger partial charge is 0.224 e. The average molecular weight is 439 g/mol. The zero-order valence-corrected chi connectivity index (χ0v) is 17.3. The van der Waals surface area contributed by atoms with E-state index in [-0.39, 0.29) is 11.9 Å². The molecular formula is C22H20ClFN6O. The predicted molar refractivity (Wildman–Crippen MR) is 118 cm³/mol. The highest BCUT2D eigenvalue weighted by atomic mass is 35.5. The van der Waals surface area contributed by atoms with Gasteiger partial charge in [0.2, 0.25) is 5.95 Å². The summed E-state index contributed by atoms with van der Waals surface area (Å²) in [5, 5.41) is 13.6. The molecule has 3 aromatic heterocycles. The van der Waals surface area contributed by atoms with Gasteiger partial charge >= 0.3 is 0 Å². The van der Waals surface area contributed by atoms with Gasteiger partial charge in [-0.1, -0.05) is 11.6 Å². The zero-order valence-electron chi connectivity index (χ0n) is 16.5. The highest BCUT2D eigenvalue weighted by Crippen LogP contribution is 2.27. The average Bonchev–Trinajstić information content (AvgIpc) is 3.36. The molecule has 158 valence electrons. The van der Waals surface area contributed by atoms with Crippen molar-refractivity contribution >= 4 is 29.0 Å². The number of anilines is 2. The van der Waals surface area contributed by atoms with Gasteiger partial charge < -0.3 is 19.7 Å². The number of nitrogens with zero attached hydrogens (tertiary/aromatic N) is 5. The van der Waals surface area contributed by atoms with Crippen molar-refractivity contribution in [2.75, 3.05) is 23.3 Å². The fourth-order valence-corrected chi connectivity index (χ4v) is 3.96. The molecule has 1 aliphatic rings. The summed E-state index contributed by atoms with van der Waals surface area (Å²) in [6, 6.07) is 11.7. The Morgan fingerprint density at radius 2 is 1.97 bits per heavy atom. The summed E-state index contributed by atoms with van der Waals surface area (Å²) >= 11 is 6.22. The van der Waals surface area contributed by atoms with Crippen LogP contribution in [0.5, 0.6) is 0 Å². The van der Waals surface area contributed by atoms with Crippen LogP contribution in [0, 0.1) is 5.82 Å². The molecule has 4 aromatic rings. The maximum absolute atomic E-state index is 13.4. The molecule has 0 aliphatic carbocycles. The van der Waals surface area contributed by atoms with E-state index in [0.717, 1.165) is 41.4 Å². The second-order valence-electron chi connectivity index (χ2n) is 7.47. The molecule has 0 amide bonds. The Hall–Kier alpha value is -3.23. The fraction of sp³-hybridized carbons (Fsp3) is 0.227. The quantitative estimate of drug-likeness (QED) is 0.494. The number of nitrogens with one attached hydrogen (secondary N) is 1. The van der Waals surface area contributed by atoms with Gasteiger partial charge in [-0.2, -0.15) is 4.98 Å². The van der Waals surface area contributed by atoms with Gasteiger partial charge in [0.1, 0.15) is 17.3 Å². The number of imidazole rings is 1. The SMILES string of the molecule is OC1CCN(c2ccnc(NCc3c(-c4ccc(F)cc4)nc4ccc(Cl)cn34)n2)C1. The van der Waals surface area contributed by atoms with Gasteiger partial charge in [-0.15, -0.1) is 0 Å². The van der Waals surface area contributed by atoms with Crippen LogP contribution in [0.4, 0.5) is 16.2 Å². The summed E-state index contributed by atoms with van der Waals surface area (Å²) < 4.78 is 15.3. The van der Waals surface area contributed by atoms with Crippen molar-refractivity contribution in [3.8, 4) is 11.3 Å². The number of aromatic nitrogens is 4. The molecule has 9 heteroatoms. The Bertz CT molecular complexity index is 1230. The monoisotopic (exact) mass is 438 g/mol. The molecule has 0 saturated carbocycles. The van der Waals surface area contributed by atoms with E-state index < -0.39 is 0 Å². The number of fused-ring (bicyclic) bond motifs is 1. The number of benzene rings is 1. The summed E-state index contributed by atoms with van der Waals surface area (Å²) in [5.74, 6) is 0.947. The minimum absolute atomic E-state index is 0.299. The van der Waals surface area contributed by atoms with Crippen LogP contribution in [0.3, 0.4) is 0 Å². The number of aliphatic hydroxyl groups excluding tert-OH is 1. The van der Waals surface area contributed by atoms with E-state index in [1.54, 1.807) is 30.6 Å². The molecular weight excluding hydrogens is 419 g/mol. The fourth-order valence-electron chi connectivity index (χ4n) is 3.80. The van der Waals surface area contributed by atoms with Crippen molar-refractivity contribution in [2.45, 2.75) is 19.1 Å². The van der Waals surface area contributed by atoms with Crippen LogP contribution < -0.4 is 10.2 Å². The number of rotatable bonds is 5. The van der Waals surface area contributed by atoms with Gasteiger partial charge in [0.05, 0.1) is 29.1 Å². The molecule has 1 fully saturated rings. The maximum Gasteiger partial charge on any atom is 0.224 e. The first-order chi connectivity index (χ1) is 15.1.